The summed E-state index contributed by atoms with van der Waals surface area (Å²) in [6.45, 7) is 8.67. The standard InChI is InChI=1S/C19H27N3O/c1-14-5-6-15(12-21-14)11-17(23)22-19(13-20)9-7-16(8-10-19)18(2,3)4/h5-6,12,16H,7-11H2,1-4H3,(H,22,23). The van der Waals surface area contributed by atoms with Gasteiger partial charge in [-0.15, -0.1) is 0 Å². The van der Waals surface area contributed by atoms with Gasteiger partial charge in [0.25, 0.3) is 0 Å². The maximum atomic E-state index is 12.3. The molecule has 1 saturated carbocycles. The Bertz CT molecular complexity index is 585. The molecule has 1 heterocycles. The van der Waals surface area contributed by atoms with Crippen molar-refractivity contribution >= 4 is 5.91 Å². The van der Waals surface area contributed by atoms with E-state index in [2.05, 4.69) is 37.1 Å². The van der Waals surface area contributed by atoms with Gasteiger partial charge in [-0.25, -0.2) is 0 Å². The van der Waals surface area contributed by atoms with Gasteiger partial charge in [-0.1, -0.05) is 26.8 Å². The van der Waals surface area contributed by atoms with Crippen molar-refractivity contribution in [2.75, 3.05) is 0 Å². The lowest BCUT2D eigenvalue weighted by molar-refractivity contribution is -0.122. The largest absolute Gasteiger partial charge is 0.338 e. The predicted molar refractivity (Wildman–Crippen MR) is 90.6 cm³/mol. The summed E-state index contributed by atoms with van der Waals surface area (Å²) in [6, 6.07) is 6.18. The molecule has 124 valence electrons. The summed E-state index contributed by atoms with van der Waals surface area (Å²) in [5, 5.41) is 12.6. The van der Waals surface area contributed by atoms with Crippen molar-refractivity contribution < 1.29 is 4.79 Å². The lowest BCUT2D eigenvalue weighted by Crippen LogP contribution is -2.51. The number of hydrogen-bond donors (Lipinski definition) is 1. The Kier molecular flexibility index (Phi) is 5.09. The van der Waals surface area contributed by atoms with Crippen molar-refractivity contribution in [2.45, 2.75) is 65.3 Å². The minimum Gasteiger partial charge on any atom is -0.338 e. The molecule has 0 spiro atoms. The maximum Gasteiger partial charge on any atom is 0.225 e. The number of aryl methyl sites for hydroxylation is 1. The van der Waals surface area contributed by atoms with Crippen molar-refractivity contribution in [1.29, 1.82) is 5.26 Å². The molecule has 1 aliphatic rings. The molecule has 0 atom stereocenters. The number of hydrogen-bond acceptors (Lipinski definition) is 3. The van der Waals surface area contributed by atoms with Crippen molar-refractivity contribution in [3.05, 3.63) is 29.6 Å². The van der Waals surface area contributed by atoms with Crippen LogP contribution in [0.3, 0.4) is 0 Å². The third kappa shape index (κ3) is 4.54. The van der Waals surface area contributed by atoms with Gasteiger partial charge in [0.2, 0.25) is 5.91 Å². The van der Waals surface area contributed by atoms with E-state index in [0.717, 1.165) is 36.9 Å². The fraction of sp³-hybridized carbons (Fsp3) is 0.632. The molecular formula is C19H27N3O. The highest BCUT2D eigenvalue weighted by Crippen LogP contribution is 2.41. The van der Waals surface area contributed by atoms with E-state index in [4.69, 9.17) is 0 Å². The quantitative estimate of drug-likeness (QED) is 0.928. The summed E-state index contributed by atoms with van der Waals surface area (Å²) in [6.07, 6.45) is 5.46. The van der Waals surface area contributed by atoms with Gasteiger partial charge in [0, 0.05) is 11.9 Å². The van der Waals surface area contributed by atoms with Crippen LogP contribution in [0.4, 0.5) is 0 Å². The third-order valence-electron chi connectivity index (χ3n) is 4.99. The molecule has 4 nitrogen and oxygen atoms in total. The van der Waals surface area contributed by atoms with E-state index in [1.54, 1.807) is 6.20 Å². The van der Waals surface area contributed by atoms with Crippen molar-refractivity contribution in [1.82, 2.24) is 10.3 Å². The van der Waals surface area contributed by atoms with Crippen LogP contribution >= 0.6 is 0 Å². The zero-order chi connectivity index (χ0) is 17.1. The van der Waals surface area contributed by atoms with Gasteiger partial charge in [-0.05, 0) is 55.6 Å². The van der Waals surface area contributed by atoms with Crippen LogP contribution in [0.5, 0.6) is 0 Å². The zero-order valence-electron chi connectivity index (χ0n) is 14.6. The van der Waals surface area contributed by atoms with Crippen molar-refractivity contribution in [2.24, 2.45) is 11.3 Å². The highest BCUT2D eigenvalue weighted by Gasteiger charge is 2.39. The second kappa shape index (κ2) is 6.70. The predicted octanol–water partition coefficient (Wildman–Crippen LogP) is 3.55. The van der Waals surface area contributed by atoms with E-state index >= 15 is 0 Å². The third-order valence-corrected chi connectivity index (χ3v) is 4.99. The Morgan fingerprint density at radius 2 is 2.04 bits per heavy atom. The van der Waals surface area contributed by atoms with Gasteiger partial charge >= 0.3 is 0 Å². The van der Waals surface area contributed by atoms with Gasteiger partial charge in [-0.2, -0.15) is 5.26 Å². The Balaban J connectivity index is 1.96. The molecule has 2 rings (SSSR count). The first kappa shape index (κ1) is 17.5. The second-order valence-electron chi connectivity index (χ2n) is 7.87. The first-order valence-corrected chi connectivity index (χ1v) is 8.38. The van der Waals surface area contributed by atoms with Gasteiger partial charge in [0.15, 0.2) is 0 Å². The Morgan fingerprint density at radius 1 is 1.39 bits per heavy atom. The molecule has 1 aromatic heterocycles. The molecule has 1 fully saturated rings. The minimum absolute atomic E-state index is 0.0913. The molecule has 4 heteroatoms. The molecule has 0 saturated heterocycles. The van der Waals surface area contributed by atoms with Crippen LogP contribution in [0, 0.1) is 29.6 Å². The van der Waals surface area contributed by atoms with Gasteiger partial charge < -0.3 is 5.32 Å². The number of aromatic nitrogens is 1. The topological polar surface area (TPSA) is 65.8 Å². The van der Waals surface area contributed by atoms with E-state index in [1.165, 1.54) is 0 Å². The van der Waals surface area contributed by atoms with E-state index in [1.807, 2.05) is 19.1 Å². The Labute approximate surface area is 139 Å². The summed E-state index contributed by atoms with van der Waals surface area (Å²) < 4.78 is 0. The molecular weight excluding hydrogens is 286 g/mol. The minimum atomic E-state index is -0.697. The molecule has 23 heavy (non-hydrogen) atoms. The van der Waals surface area contributed by atoms with E-state index in [0.29, 0.717) is 5.92 Å². The van der Waals surface area contributed by atoms with Crippen LogP contribution in [0.1, 0.15) is 57.7 Å². The highest BCUT2D eigenvalue weighted by atomic mass is 16.1. The van der Waals surface area contributed by atoms with Crippen LogP contribution < -0.4 is 5.32 Å². The number of carbonyl (C=O) groups excluding carboxylic acids is 1. The number of carbonyl (C=O) groups is 1. The number of nitrogens with zero attached hydrogens (tertiary/aromatic N) is 2. The average Bonchev–Trinajstić information content (AvgIpc) is 2.49. The molecule has 1 aliphatic carbocycles. The summed E-state index contributed by atoms with van der Waals surface area (Å²) in [4.78, 5) is 16.5. The van der Waals surface area contributed by atoms with E-state index in [9.17, 15) is 10.1 Å². The Morgan fingerprint density at radius 3 is 2.52 bits per heavy atom. The van der Waals surface area contributed by atoms with E-state index < -0.39 is 5.54 Å². The first-order valence-electron chi connectivity index (χ1n) is 8.38. The van der Waals surface area contributed by atoms with Crippen LogP contribution in [-0.2, 0) is 11.2 Å². The van der Waals surface area contributed by atoms with Crippen LogP contribution in [0.15, 0.2) is 18.3 Å². The first-order chi connectivity index (χ1) is 10.7. The smallest absolute Gasteiger partial charge is 0.225 e. The van der Waals surface area contributed by atoms with Gasteiger partial charge in [0.05, 0.1) is 12.5 Å². The SMILES string of the molecule is Cc1ccc(CC(=O)NC2(C#N)CCC(C(C)(C)C)CC2)cn1. The summed E-state index contributed by atoms with van der Waals surface area (Å²) in [5.74, 6) is 0.522. The van der Waals surface area contributed by atoms with Crippen molar-refractivity contribution in [3.8, 4) is 6.07 Å². The molecule has 1 N–H and O–H groups in total. The van der Waals surface area contributed by atoms with E-state index in [-0.39, 0.29) is 17.7 Å². The number of nitriles is 1. The summed E-state index contributed by atoms with van der Waals surface area (Å²) in [5.41, 5.74) is 1.38. The molecule has 1 amide bonds. The zero-order valence-corrected chi connectivity index (χ0v) is 14.6. The van der Waals surface area contributed by atoms with Crippen molar-refractivity contribution in [3.63, 3.8) is 0 Å². The summed E-state index contributed by atoms with van der Waals surface area (Å²) >= 11 is 0. The maximum absolute atomic E-state index is 12.3. The number of nitrogens with one attached hydrogen (secondary N) is 1. The molecule has 0 aliphatic heterocycles. The molecule has 0 radical (unpaired) electrons. The van der Waals surface area contributed by atoms with Gasteiger partial charge in [-0.3, -0.25) is 9.78 Å². The average molecular weight is 313 g/mol. The molecule has 0 bridgehead atoms. The normalized spacial score (nSPS) is 24.7. The number of rotatable bonds is 3. The molecule has 0 aromatic carbocycles. The van der Waals surface area contributed by atoms with Gasteiger partial charge in [0.1, 0.15) is 5.54 Å². The second-order valence-corrected chi connectivity index (χ2v) is 7.87. The highest BCUT2D eigenvalue weighted by molar-refractivity contribution is 5.79. The molecule has 1 aromatic rings. The fourth-order valence-electron chi connectivity index (χ4n) is 3.34. The van der Waals surface area contributed by atoms with Crippen LogP contribution in [0.25, 0.3) is 0 Å². The van der Waals surface area contributed by atoms with Crippen LogP contribution in [0.2, 0.25) is 0 Å². The monoisotopic (exact) mass is 313 g/mol. The number of pyridine rings is 1. The fourth-order valence-corrected chi connectivity index (χ4v) is 3.34. The van der Waals surface area contributed by atoms with Crippen LogP contribution in [-0.4, -0.2) is 16.4 Å². The Hall–Kier alpha value is -1.89. The number of amides is 1. The lowest BCUT2D eigenvalue weighted by atomic mass is 9.67. The molecule has 0 unspecified atom stereocenters. The lowest BCUT2D eigenvalue weighted by Gasteiger charge is -2.40. The summed E-state index contributed by atoms with van der Waals surface area (Å²) in [7, 11) is 0.